The number of nitrogens with zero attached hydrogens (tertiary/aromatic N) is 4. The van der Waals surface area contributed by atoms with Gasteiger partial charge in [-0.25, -0.2) is 0 Å². The molecule has 1 atom stereocenters. The van der Waals surface area contributed by atoms with Crippen LogP contribution in [0.5, 0.6) is 0 Å². The number of aryl methyl sites for hydroxylation is 1. The molecule has 27 heavy (non-hydrogen) atoms. The highest BCUT2D eigenvalue weighted by Gasteiger charge is 2.48. The number of aromatic nitrogens is 3. The molecular formula is C22H22N4O. The number of hydrogen-bond donors (Lipinski definition) is 0. The Morgan fingerprint density at radius 2 is 1.96 bits per heavy atom. The van der Waals surface area contributed by atoms with Gasteiger partial charge in [-0.1, -0.05) is 18.2 Å². The average Bonchev–Trinajstić information content (AvgIpc) is 3.18. The van der Waals surface area contributed by atoms with Crippen molar-refractivity contribution in [2.75, 3.05) is 13.1 Å². The van der Waals surface area contributed by atoms with Crippen molar-refractivity contribution in [1.82, 2.24) is 19.7 Å². The first-order chi connectivity index (χ1) is 13.2. The summed E-state index contributed by atoms with van der Waals surface area (Å²) >= 11 is 0. The van der Waals surface area contributed by atoms with Gasteiger partial charge in [0.05, 0.1) is 11.2 Å². The quantitative estimate of drug-likeness (QED) is 0.706. The molecule has 1 unspecified atom stereocenters. The van der Waals surface area contributed by atoms with Crippen molar-refractivity contribution in [1.29, 1.82) is 0 Å². The Morgan fingerprint density at radius 3 is 2.85 bits per heavy atom. The highest BCUT2D eigenvalue weighted by Crippen LogP contribution is 2.45. The summed E-state index contributed by atoms with van der Waals surface area (Å²) in [5.74, 6) is 0.689. The number of para-hydroxylation sites is 1. The predicted molar refractivity (Wildman–Crippen MR) is 103 cm³/mol. The molecular weight excluding hydrogens is 336 g/mol. The fraction of sp³-hybridized carbons (Fsp3) is 0.409. The van der Waals surface area contributed by atoms with Crippen molar-refractivity contribution in [3.05, 3.63) is 48.3 Å². The number of carbonyl (C=O) groups excluding carboxylic acids is 1. The maximum Gasteiger partial charge on any atom is 0.225 e. The van der Waals surface area contributed by atoms with E-state index in [1.54, 1.807) is 0 Å². The molecule has 3 aromatic rings. The molecule has 5 heteroatoms. The molecule has 0 radical (unpaired) electrons. The van der Waals surface area contributed by atoms with Crippen LogP contribution in [0.3, 0.4) is 0 Å². The molecule has 1 aliphatic carbocycles. The van der Waals surface area contributed by atoms with Gasteiger partial charge in [0.1, 0.15) is 0 Å². The van der Waals surface area contributed by atoms with Crippen molar-refractivity contribution < 1.29 is 4.79 Å². The van der Waals surface area contributed by atoms with Gasteiger partial charge in [0, 0.05) is 53.8 Å². The number of fused-ring (bicyclic) bond motifs is 3. The van der Waals surface area contributed by atoms with E-state index in [0.717, 1.165) is 67.5 Å². The third kappa shape index (κ3) is 2.34. The summed E-state index contributed by atoms with van der Waals surface area (Å²) in [5, 5.41) is 6.02. The molecule has 6 rings (SSSR count). The minimum Gasteiger partial charge on any atom is -0.341 e. The van der Waals surface area contributed by atoms with E-state index in [1.165, 1.54) is 5.69 Å². The van der Waals surface area contributed by atoms with Crippen molar-refractivity contribution in [2.45, 2.75) is 37.6 Å². The topological polar surface area (TPSA) is 51.0 Å². The highest BCUT2D eigenvalue weighted by atomic mass is 16.2. The van der Waals surface area contributed by atoms with Gasteiger partial charge in [0.15, 0.2) is 0 Å². The molecule has 0 N–H and O–H groups in total. The van der Waals surface area contributed by atoms with Crippen molar-refractivity contribution in [3.63, 3.8) is 0 Å². The van der Waals surface area contributed by atoms with E-state index in [9.17, 15) is 4.79 Å². The third-order valence-corrected chi connectivity index (χ3v) is 6.60. The molecule has 136 valence electrons. The van der Waals surface area contributed by atoms with Crippen molar-refractivity contribution in [2.24, 2.45) is 5.92 Å². The largest absolute Gasteiger partial charge is 0.341 e. The maximum absolute atomic E-state index is 12.5. The number of amides is 1. The molecule has 1 spiro atoms. The smallest absolute Gasteiger partial charge is 0.225 e. The van der Waals surface area contributed by atoms with E-state index < -0.39 is 0 Å². The van der Waals surface area contributed by atoms with Gasteiger partial charge in [-0.15, -0.1) is 0 Å². The molecule has 1 saturated heterocycles. The summed E-state index contributed by atoms with van der Waals surface area (Å²) in [4.78, 5) is 19.2. The first-order valence-electron chi connectivity index (χ1n) is 9.94. The van der Waals surface area contributed by atoms with Crippen LogP contribution in [-0.2, 0) is 16.8 Å². The number of rotatable bonds is 2. The lowest BCUT2D eigenvalue weighted by molar-refractivity contribution is -0.131. The van der Waals surface area contributed by atoms with E-state index in [1.807, 2.05) is 24.4 Å². The molecule has 2 fully saturated rings. The van der Waals surface area contributed by atoms with Crippen molar-refractivity contribution in [3.8, 4) is 11.3 Å². The van der Waals surface area contributed by atoms with Crippen LogP contribution in [0.1, 0.15) is 31.4 Å². The lowest BCUT2D eigenvalue weighted by Crippen LogP contribution is -2.34. The van der Waals surface area contributed by atoms with Gasteiger partial charge < -0.3 is 4.90 Å². The van der Waals surface area contributed by atoms with E-state index in [4.69, 9.17) is 5.10 Å². The maximum atomic E-state index is 12.5. The molecule has 3 aliphatic rings. The summed E-state index contributed by atoms with van der Waals surface area (Å²) < 4.78 is 2.16. The van der Waals surface area contributed by atoms with Crippen LogP contribution in [-0.4, -0.2) is 38.7 Å². The van der Waals surface area contributed by atoms with Crippen LogP contribution >= 0.6 is 0 Å². The number of likely N-dealkylation sites (tertiary alicyclic amines) is 1. The van der Waals surface area contributed by atoms with Crippen molar-refractivity contribution >= 4 is 16.8 Å². The van der Waals surface area contributed by atoms with Gasteiger partial charge in [0.25, 0.3) is 0 Å². The van der Waals surface area contributed by atoms with Gasteiger partial charge >= 0.3 is 0 Å². The minimum atomic E-state index is 0.0973. The van der Waals surface area contributed by atoms with Crippen LogP contribution < -0.4 is 0 Å². The average molecular weight is 358 g/mol. The molecule has 2 aliphatic heterocycles. The SMILES string of the molecule is O=C(C1CC1)N1CCC2(CCn3nc(-c4cnc5ccccc5c4)cc32)C1. The second kappa shape index (κ2) is 5.41. The lowest BCUT2D eigenvalue weighted by Gasteiger charge is -2.23. The second-order valence-corrected chi connectivity index (χ2v) is 8.37. The van der Waals surface area contributed by atoms with Crippen LogP contribution in [0, 0.1) is 5.92 Å². The molecule has 4 heterocycles. The molecule has 1 aromatic carbocycles. The predicted octanol–water partition coefficient (Wildman–Crippen LogP) is 3.38. The molecule has 2 aromatic heterocycles. The Bertz CT molecular complexity index is 1070. The highest BCUT2D eigenvalue weighted by molar-refractivity contribution is 5.83. The zero-order valence-corrected chi connectivity index (χ0v) is 15.3. The number of carbonyl (C=O) groups is 1. The summed E-state index contributed by atoms with van der Waals surface area (Å²) in [6, 6.07) is 12.6. The summed E-state index contributed by atoms with van der Waals surface area (Å²) in [6.07, 6.45) is 6.25. The Hall–Kier alpha value is -2.69. The monoisotopic (exact) mass is 358 g/mol. The van der Waals surface area contributed by atoms with E-state index in [-0.39, 0.29) is 5.41 Å². The van der Waals surface area contributed by atoms with E-state index in [0.29, 0.717) is 11.8 Å². The minimum absolute atomic E-state index is 0.0973. The Balaban J connectivity index is 1.34. The lowest BCUT2D eigenvalue weighted by atomic mass is 9.82. The Morgan fingerprint density at radius 1 is 1.11 bits per heavy atom. The molecule has 1 saturated carbocycles. The van der Waals surface area contributed by atoms with E-state index >= 15 is 0 Å². The van der Waals surface area contributed by atoms with E-state index in [2.05, 4.69) is 32.8 Å². The van der Waals surface area contributed by atoms with Crippen LogP contribution in [0.25, 0.3) is 22.2 Å². The number of benzene rings is 1. The summed E-state index contributed by atoms with van der Waals surface area (Å²) in [6.45, 7) is 2.71. The molecule has 1 amide bonds. The second-order valence-electron chi connectivity index (χ2n) is 8.37. The van der Waals surface area contributed by atoms with Gasteiger partial charge in [-0.05, 0) is 43.9 Å². The van der Waals surface area contributed by atoms with Crippen LogP contribution in [0.2, 0.25) is 0 Å². The normalized spacial score (nSPS) is 24.1. The fourth-order valence-electron chi connectivity index (χ4n) is 4.88. The Labute approximate surface area is 158 Å². The van der Waals surface area contributed by atoms with Gasteiger partial charge in [0.2, 0.25) is 5.91 Å². The van der Waals surface area contributed by atoms with Gasteiger partial charge in [-0.2, -0.15) is 5.10 Å². The zero-order chi connectivity index (χ0) is 18.0. The number of hydrogen-bond acceptors (Lipinski definition) is 3. The summed E-state index contributed by atoms with van der Waals surface area (Å²) in [7, 11) is 0. The first kappa shape index (κ1) is 15.4. The summed E-state index contributed by atoms with van der Waals surface area (Å²) in [5.41, 5.74) is 4.47. The van der Waals surface area contributed by atoms with Gasteiger partial charge in [-0.3, -0.25) is 14.5 Å². The standard InChI is InChI=1S/C22H22N4O/c27-21(15-5-6-15)25-9-7-22(14-25)8-10-26-20(22)12-19(24-26)17-11-16-3-1-2-4-18(16)23-13-17/h1-4,11-13,15H,5-10,14H2. The van der Waals surface area contributed by atoms with Crippen LogP contribution in [0.15, 0.2) is 42.6 Å². The number of pyridine rings is 1. The third-order valence-electron chi connectivity index (χ3n) is 6.60. The van der Waals surface area contributed by atoms with Crippen LogP contribution in [0.4, 0.5) is 0 Å². The first-order valence-corrected chi connectivity index (χ1v) is 9.94. The molecule has 5 nitrogen and oxygen atoms in total. The Kier molecular flexibility index (Phi) is 3.08. The fourth-order valence-corrected chi connectivity index (χ4v) is 4.88. The zero-order valence-electron chi connectivity index (χ0n) is 15.3. The molecule has 0 bridgehead atoms.